The number of carbonyl (C=O) groups excluding carboxylic acids is 1. The Balaban J connectivity index is 2.21. The first-order valence-corrected chi connectivity index (χ1v) is 5.39. The van der Waals surface area contributed by atoms with Gasteiger partial charge in [-0.05, 0) is 24.3 Å². The molecule has 0 aliphatic heterocycles. The summed E-state index contributed by atoms with van der Waals surface area (Å²) in [6, 6.07) is 1.80. The Labute approximate surface area is 85.4 Å². The zero-order valence-electron chi connectivity index (χ0n) is 7.53. The number of aryl methyl sites for hydroxylation is 1. The number of rotatable bonds is 2. The summed E-state index contributed by atoms with van der Waals surface area (Å²) in [6.07, 6.45) is 1.49. The number of carboxylic acid groups (broad SMARTS) is 1. The van der Waals surface area contributed by atoms with Gasteiger partial charge in [-0.25, -0.2) is 0 Å². The van der Waals surface area contributed by atoms with Gasteiger partial charge in [0.25, 0.3) is 0 Å². The molecule has 0 bridgehead atoms. The van der Waals surface area contributed by atoms with E-state index in [1.54, 1.807) is 17.4 Å². The second kappa shape index (κ2) is 3.53. The van der Waals surface area contributed by atoms with E-state index in [-0.39, 0.29) is 18.1 Å². The average Bonchev–Trinajstić information content (AvgIpc) is 2.57. The molecule has 14 heavy (non-hydrogen) atoms. The lowest BCUT2D eigenvalue weighted by atomic mass is 9.85. The standard InChI is InChI=1S/C10H10O3S/c11-9(12)5-6-1-2-8-7(10(6)13)3-4-14-8/h3-4,6H,1-2,5H2,(H,11,12)/t6-/m1/s1. The summed E-state index contributed by atoms with van der Waals surface area (Å²) in [5.74, 6) is -1.19. The maximum Gasteiger partial charge on any atom is 0.304 e. The SMILES string of the molecule is O=C(O)C[C@H]1CCc2sccc2C1=O. The monoisotopic (exact) mass is 210 g/mol. The predicted molar refractivity (Wildman–Crippen MR) is 52.7 cm³/mol. The number of carboxylic acids is 1. The number of fused-ring (bicyclic) bond motifs is 1. The third kappa shape index (κ3) is 1.57. The van der Waals surface area contributed by atoms with E-state index in [0.717, 1.165) is 16.9 Å². The fourth-order valence-corrected chi connectivity index (χ4v) is 2.72. The molecule has 4 heteroatoms. The van der Waals surface area contributed by atoms with E-state index in [1.165, 1.54) is 0 Å². The molecule has 0 unspecified atom stereocenters. The number of carbonyl (C=O) groups is 2. The second-order valence-corrected chi connectivity index (χ2v) is 4.46. The quantitative estimate of drug-likeness (QED) is 0.811. The molecule has 1 aromatic rings. The topological polar surface area (TPSA) is 54.4 Å². The van der Waals surface area contributed by atoms with E-state index >= 15 is 0 Å². The maximum atomic E-state index is 11.8. The first-order chi connectivity index (χ1) is 6.68. The van der Waals surface area contributed by atoms with E-state index in [9.17, 15) is 9.59 Å². The molecule has 1 N–H and O–H groups in total. The van der Waals surface area contributed by atoms with Gasteiger partial charge >= 0.3 is 5.97 Å². The van der Waals surface area contributed by atoms with Gasteiger partial charge < -0.3 is 5.11 Å². The van der Waals surface area contributed by atoms with E-state index in [4.69, 9.17) is 5.11 Å². The van der Waals surface area contributed by atoms with Crippen LogP contribution in [-0.4, -0.2) is 16.9 Å². The Morgan fingerprint density at radius 3 is 3.14 bits per heavy atom. The summed E-state index contributed by atoms with van der Waals surface area (Å²) in [5.41, 5.74) is 0.743. The van der Waals surface area contributed by atoms with Gasteiger partial charge in [0.1, 0.15) is 0 Å². The molecule has 1 aromatic heterocycles. The average molecular weight is 210 g/mol. The zero-order valence-corrected chi connectivity index (χ0v) is 8.34. The van der Waals surface area contributed by atoms with Crippen LogP contribution in [-0.2, 0) is 11.2 Å². The summed E-state index contributed by atoms with van der Waals surface area (Å²) in [4.78, 5) is 23.4. The van der Waals surface area contributed by atoms with Crippen molar-refractivity contribution in [1.29, 1.82) is 0 Å². The van der Waals surface area contributed by atoms with Crippen LogP contribution in [0, 0.1) is 5.92 Å². The van der Waals surface area contributed by atoms with Gasteiger partial charge in [0.2, 0.25) is 0 Å². The Morgan fingerprint density at radius 1 is 1.64 bits per heavy atom. The van der Waals surface area contributed by atoms with Crippen molar-refractivity contribution in [2.75, 3.05) is 0 Å². The molecule has 0 amide bonds. The maximum absolute atomic E-state index is 11.8. The van der Waals surface area contributed by atoms with Crippen molar-refractivity contribution in [1.82, 2.24) is 0 Å². The molecule has 1 heterocycles. The van der Waals surface area contributed by atoms with E-state index in [2.05, 4.69) is 0 Å². The van der Waals surface area contributed by atoms with E-state index in [0.29, 0.717) is 6.42 Å². The van der Waals surface area contributed by atoms with Crippen LogP contribution in [0.25, 0.3) is 0 Å². The summed E-state index contributed by atoms with van der Waals surface area (Å²) in [7, 11) is 0. The molecule has 1 aliphatic carbocycles. The molecular formula is C10H10O3S. The molecule has 0 spiro atoms. The molecule has 0 fully saturated rings. The highest BCUT2D eigenvalue weighted by atomic mass is 32.1. The summed E-state index contributed by atoms with van der Waals surface area (Å²) in [6.45, 7) is 0. The third-order valence-electron chi connectivity index (χ3n) is 2.52. The minimum atomic E-state index is -0.887. The van der Waals surface area contributed by atoms with E-state index < -0.39 is 5.97 Å². The summed E-state index contributed by atoms with van der Waals surface area (Å²) >= 11 is 1.58. The highest BCUT2D eigenvalue weighted by Crippen LogP contribution is 2.30. The van der Waals surface area contributed by atoms with Crippen LogP contribution < -0.4 is 0 Å². The van der Waals surface area contributed by atoms with Gasteiger partial charge in [0.15, 0.2) is 5.78 Å². The van der Waals surface area contributed by atoms with Crippen molar-refractivity contribution in [3.05, 3.63) is 21.9 Å². The molecule has 74 valence electrons. The Hall–Kier alpha value is -1.16. The Bertz CT molecular complexity index is 380. The molecule has 1 aliphatic rings. The van der Waals surface area contributed by atoms with Gasteiger partial charge in [-0.3, -0.25) is 9.59 Å². The van der Waals surface area contributed by atoms with Gasteiger partial charge in [-0.15, -0.1) is 11.3 Å². The highest BCUT2D eigenvalue weighted by molar-refractivity contribution is 7.10. The lowest BCUT2D eigenvalue weighted by Crippen LogP contribution is -2.23. The number of Topliss-reactive ketones (excluding diaryl/α,β-unsaturated/α-hetero) is 1. The summed E-state index contributed by atoms with van der Waals surface area (Å²) in [5, 5.41) is 10.5. The first kappa shape index (κ1) is 9.40. The van der Waals surface area contributed by atoms with Crippen molar-refractivity contribution in [3.8, 4) is 0 Å². The largest absolute Gasteiger partial charge is 0.481 e. The van der Waals surface area contributed by atoms with E-state index in [1.807, 2.05) is 5.38 Å². The number of hydrogen-bond donors (Lipinski definition) is 1. The van der Waals surface area contributed by atoms with Crippen LogP contribution in [0.4, 0.5) is 0 Å². The smallest absolute Gasteiger partial charge is 0.304 e. The number of hydrogen-bond acceptors (Lipinski definition) is 3. The minimum absolute atomic E-state index is 0.00917. The molecule has 0 radical (unpaired) electrons. The van der Waals surface area contributed by atoms with Crippen LogP contribution in [0.2, 0.25) is 0 Å². The van der Waals surface area contributed by atoms with Crippen molar-refractivity contribution in [2.45, 2.75) is 19.3 Å². The summed E-state index contributed by atoms with van der Waals surface area (Å²) < 4.78 is 0. The lowest BCUT2D eigenvalue weighted by Gasteiger charge is -2.18. The first-order valence-electron chi connectivity index (χ1n) is 4.51. The normalized spacial score (nSPS) is 20.6. The fourth-order valence-electron chi connectivity index (χ4n) is 1.82. The molecule has 0 saturated carbocycles. The van der Waals surface area contributed by atoms with Crippen molar-refractivity contribution in [3.63, 3.8) is 0 Å². The minimum Gasteiger partial charge on any atom is -0.481 e. The van der Waals surface area contributed by atoms with Crippen molar-refractivity contribution in [2.24, 2.45) is 5.92 Å². The molecule has 1 atom stereocenters. The Kier molecular flexibility index (Phi) is 2.37. The number of ketones is 1. The molecule has 0 aromatic carbocycles. The molecule has 3 nitrogen and oxygen atoms in total. The van der Waals surface area contributed by atoms with Crippen LogP contribution in [0.3, 0.4) is 0 Å². The fraction of sp³-hybridized carbons (Fsp3) is 0.400. The highest BCUT2D eigenvalue weighted by Gasteiger charge is 2.29. The van der Waals surface area contributed by atoms with Crippen LogP contribution >= 0.6 is 11.3 Å². The van der Waals surface area contributed by atoms with Crippen LogP contribution in [0.15, 0.2) is 11.4 Å². The molecular weight excluding hydrogens is 200 g/mol. The van der Waals surface area contributed by atoms with Gasteiger partial charge in [-0.1, -0.05) is 0 Å². The number of aliphatic carboxylic acids is 1. The van der Waals surface area contributed by atoms with Crippen LogP contribution in [0.1, 0.15) is 28.1 Å². The van der Waals surface area contributed by atoms with Gasteiger partial charge in [0, 0.05) is 16.4 Å². The zero-order chi connectivity index (χ0) is 10.1. The van der Waals surface area contributed by atoms with Gasteiger partial charge in [0.05, 0.1) is 6.42 Å². The molecule has 2 rings (SSSR count). The van der Waals surface area contributed by atoms with Crippen LogP contribution in [0.5, 0.6) is 0 Å². The molecule has 0 saturated heterocycles. The second-order valence-electron chi connectivity index (χ2n) is 3.46. The lowest BCUT2D eigenvalue weighted by molar-refractivity contribution is -0.137. The third-order valence-corrected chi connectivity index (χ3v) is 3.50. The van der Waals surface area contributed by atoms with Gasteiger partial charge in [-0.2, -0.15) is 0 Å². The van der Waals surface area contributed by atoms with Crippen molar-refractivity contribution < 1.29 is 14.7 Å². The van der Waals surface area contributed by atoms with Crippen molar-refractivity contribution >= 4 is 23.1 Å². The predicted octanol–water partition coefficient (Wildman–Crippen LogP) is 1.97. The Morgan fingerprint density at radius 2 is 2.43 bits per heavy atom. The number of thiophene rings is 1.